The summed E-state index contributed by atoms with van der Waals surface area (Å²) in [6.45, 7) is 4.10. The Morgan fingerprint density at radius 1 is 1.05 bits per heavy atom. The van der Waals surface area contributed by atoms with Gasteiger partial charge in [0.05, 0.1) is 5.56 Å². The van der Waals surface area contributed by atoms with Crippen LogP contribution in [0.15, 0.2) is 42.5 Å². The Morgan fingerprint density at radius 2 is 1.74 bits per heavy atom. The molecule has 0 amide bonds. The minimum absolute atomic E-state index is 0.266. The van der Waals surface area contributed by atoms with Gasteiger partial charge >= 0.3 is 5.97 Å². The highest BCUT2D eigenvalue weighted by Crippen LogP contribution is 2.31. The number of aryl methyl sites for hydroxylation is 2. The van der Waals surface area contributed by atoms with Crippen LogP contribution in [0.25, 0.3) is 0 Å². The van der Waals surface area contributed by atoms with E-state index in [0.717, 1.165) is 11.3 Å². The summed E-state index contributed by atoms with van der Waals surface area (Å²) in [6, 6.07) is 13.7. The third kappa shape index (κ3) is 2.19. The standard InChI is InChI=1S/C16H15NO2/c1-10-7-11(2)9-12(8-10)17-15-13-5-3-4-6-14(13)16(18)19-15/h3-9,15,17H,1-2H3/t15-/m1/s1. The monoisotopic (exact) mass is 253 g/mol. The van der Waals surface area contributed by atoms with Crippen LogP contribution in [-0.2, 0) is 4.74 Å². The first-order chi connectivity index (χ1) is 9.13. The summed E-state index contributed by atoms with van der Waals surface area (Å²) in [6.07, 6.45) is -0.398. The van der Waals surface area contributed by atoms with E-state index in [1.165, 1.54) is 11.1 Å². The zero-order chi connectivity index (χ0) is 13.4. The molecule has 19 heavy (non-hydrogen) atoms. The fourth-order valence-corrected chi connectivity index (χ4v) is 2.46. The van der Waals surface area contributed by atoms with Crippen molar-refractivity contribution in [3.05, 3.63) is 64.7 Å². The first kappa shape index (κ1) is 11.8. The summed E-state index contributed by atoms with van der Waals surface area (Å²) in [5, 5.41) is 3.27. The van der Waals surface area contributed by atoms with Gasteiger partial charge in [-0.2, -0.15) is 0 Å². The summed E-state index contributed by atoms with van der Waals surface area (Å²) in [5.74, 6) is -0.266. The quantitative estimate of drug-likeness (QED) is 0.831. The van der Waals surface area contributed by atoms with Gasteiger partial charge in [0.25, 0.3) is 0 Å². The fourth-order valence-electron chi connectivity index (χ4n) is 2.46. The maximum absolute atomic E-state index is 11.7. The summed E-state index contributed by atoms with van der Waals surface area (Å²) in [5.41, 5.74) is 4.86. The van der Waals surface area contributed by atoms with Gasteiger partial charge in [-0.15, -0.1) is 0 Å². The van der Waals surface area contributed by atoms with E-state index in [1.807, 2.05) is 44.2 Å². The lowest BCUT2D eigenvalue weighted by molar-refractivity contribution is 0.0437. The lowest BCUT2D eigenvalue weighted by Gasteiger charge is -2.15. The van der Waals surface area contributed by atoms with Crippen molar-refractivity contribution in [2.45, 2.75) is 20.1 Å². The van der Waals surface area contributed by atoms with Crippen LogP contribution in [0.4, 0.5) is 5.69 Å². The highest BCUT2D eigenvalue weighted by Gasteiger charge is 2.30. The third-order valence-electron chi connectivity index (χ3n) is 3.21. The number of ether oxygens (including phenoxy) is 1. The molecule has 0 saturated carbocycles. The summed E-state index contributed by atoms with van der Waals surface area (Å²) in [7, 11) is 0. The maximum Gasteiger partial charge on any atom is 0.340 e. The molecule has 3 rings (SSSR count). The van der Waals surface area contributed by atoms with E-state index in [9.17, 15) is 4.79 Å². The van der Waals surface area contributed by atoms with E-state index in [0.29, 0.717) is 5.56 Å². The van der Waals surface area contributed by atoms with Crippen molar-refractivity contribution in [2.24, 2.45) is 0 Å². The minimum atomic E-state index is -0.398. The van der Waals surface area contributed by atoms with Gasteiger partial charge in [-0.25, -0.2) is 4.79 Å². The van der Waals surface area contributed by atoms with Crippen molar-refractivity contribution in [2.75, 3.05) is 5.32 Å². The lowest BCUT2D eigenvalue weighted by Crippen LogP contribution is -2.10. The second-order valence-electron chi connectivity index (χ2n) is 4.89. The maximum atomic E-state index is 11.7. The van der Waals surface area contributed by atoms with Crippen LogP contribution in [-0.4, -0.2) is 5.97 Å². The van der Waals surface area contributed by atoms with Crippen molar-refractivity contribution in [3.8, 4) is 0 Å². The van der Waals surface area contributed by atoms with E-state index in [-0.39, 0.29) is 5.97 Å². The predicted octanol–water partition coefficient (Wildman–Crippen LogP) is 3.58. The van der Waals surface area contributed by atoms with Gasteiger partial charge in [-0.3, -0.25) is 0 Å². The molecule has 1 N–H and O–H groups in total. The Morgan fingerprint density at radius 3 is 2.47 bits per heavy atom. The average molecular weight is 253 g/mol. The highest BCUT2D eigenvalue weighted by molar-refractivity contribution is 5.94. The van der Waals surface area contributed by atoms with Crippen LogP contribution in [0.2, 0.25) is 0 Å². The Labute approximate surface area is 112 Å². The van der Waals surface area contributed by atoms with Crippen molar-refractivity contribution in [3.63, 3.8) is 0 Å². The molecule has 0 fully saturated rings. The number of cyclic esters (lactones) is 1. The molecule has 1 aliphatic rings. The van der Waals surface area contributed by atoms with E-state index in [2.05, 4.69) is 11.4 Å². The number of anilines is 1. The molecule has 0 bridgehead atoms. The van der Waals surface area contributed by atoms with Gasteiger partial charge in [0.1, 0.15) is 0 Å². The van der Waals surface area contributed by atoms with Gasteiger partial charge in [0, 0.05) is 11.3 Å². The molecule has 2 aromatic rings. The Hall–Kier alpha value is -2.29. The molecule has 0 aromatic heterocycles. The summed E-state index contributed by atoms with van der Waals surface area (Å²) >= 11 is 0. The molecule has 1 heterocycles. The largest absolute Gasteiger partial charge is 0.434 e. The van der Waals surface area contributed by atoms with Crippen molar-refractivity contribution in [1.29, 1.82) is 0 Å². The number of nitrogens with one attached hydrogen (secondary N) is 1. The Bertz CT molecular complexity index is 629. The number of rotatable bonds is 2. The van der Waals surface area contributed by atoms with Gasteiger partial charge in [-0.1, -0.05) is 24.3 Å². The van der Waals surface area contributed by atoms with Crippen molar-refractivity contribution >= 4 is 11.7 Å². The molecule has 3 nitrogen and oxygen atoms in total. The van der Waals surface area contributed by atoms with Crippen LogP contribution >= 0.6 is 0 Å². The zero-order valence-corrected chi connectivity index (χ0v) is 10.9. The predicted molar refractivity (Wildman–Crippen MR) is 74.1 cm³/mol. The average Bonchev–Trinajstić information content (AvgIpc) is 2.66. The van der Waals surface area contributed by atoms with E-state index < -0.39 is 6.23 Å². The molecule has 1 aliphatic heterocycles. The summed E-state index contributed by atoms with van der Waals surface area (Å²) in [4.78, 5) is 11.7. The highest BCUT2D eigenvalue weighted by atomic mass is 16.6. The molecule has 0 saturated heterocycles. The van der Waals surface area contributed by atoms with E-state index in [1.54, 1.807) is 6.07 Å². The lowest BCUT2D eigenvalue weighted by atomic mass is 10.1. The Balaban J connectivity index is 1.91. The smallest absolute Gasteiger partial charge is 0.340 e. The second-order valence-corrected chi connectivity index (χ2v) is 4.89. The molecule has 2 aromatic carbocycles. The molecule has 0 aliphatic carbocycles. The molecule has 0 spiro atoms. The van der Waals surface area contributed by atoms with Crippen LogP contribution in [0.5, 0.6) is 0 Å². The van der Waals surface area contributed by atoms with Gasteiger partial charge in [0.15, 0.2) is 0 Å². The second kappa shape index (κ2) is 4.43. The molecule has 96 valence electrons. The Kier molecular flexibility index (Phi) is 2.75. The first-order valence-electron chi connectivity index (χ1n) is 6.28. The zero-order valence-electron chi connectivity index (χ0n) is 10.9. The van der Waals surface area contributed by atoms with Gasteiger partial charge < -0.3 is 10.1 Å². The van der Waals surface area contributed by atoms with E-state index in [4.69, 9.17) is 4.74 Å². The SMILES string of the molecule is Cc1cc(C)cc(N[C@@H]2OC(=O)c3ccccc32)c1. The fraction of sp³-hybridized carbons (Fsp3) is 0.188. The van der Waals surface area contributed by atoms with Gasteiger partial charge in [-0.05, 0) is 43.2 Å². The van der Waals surface area contributed by atoms with E-state index >= 15 is 0 Å². The number of hydrogen-bond acceptors (Lipinski definition) is 3. The van der Waals surface area contributed by atoms with Crippen molar-refractivity contribution < 1.29 is 9.53 Å². The minimum Gasteiger partial charge on any atom is -0.434 e. The van der Waals surface area contributed by atoms with Crippen LogP contribution in [0.1, 0.15) is 33.3 Å². The number of carbonyl (C=O) groups is 1. The molecule has 0 unspecified atom stereocenters. The number of esters is 1. The molecular formula is C16H15NO2. The van der Waals surface area contributed by atoms with Crippen molar-refractivity contribution in [1.82, 2.24) is 0 Å². The first-order valence-corrected chi connectivity index (χ1v) is 6.28. The third-order valence-corrected chi connectivity index (χ3v) is 3.21. The topological polar surface area (TPSA) is 38.3 Å². The number of fused-ring (bicyclic) bond motifs is 1. The molecule has 1 atom stereocenters. The van der Waals surface area contributed by atoms with Gasteiger partial charge in [0.2, 0.25) is 6.23 Å². The molecule has 3 heteroatoms. The van der Waals surface area contributed by atoms with Crippen LogP contribution in [0.3, 0.4) is 0 Å². The number of carbonyl (C=O) groups excluding carboxylic acids is 1. The summed E-state index contributed by atoms with van der Waals surface area (Å²) < 4.78 is 5.37. The normalized spacial score (nSPS) is 16.9. The number of benzene rings is 2. The van der Waals surface area contributed by atoms with Crippen LogP contribution < -0.4 is 5.32 Å². The molecule has 0 radical (unpaired) electrons. The number of hydrogen-bond donors (Lipinski definition) is 1. The molecular weight excluding hydrogens is 238 g/mol. The van der Waals surface area contributed by atoms with Crippen LogP contribution in [0, 0.1) is 13.8 Å².